The molecule has 0 aliphatic carbocycles. The molecule has 4 heteroatoms. The smallest absolute Gasteiger partial charge is 0.224 e. The van der Waals surface area contributed by atoms with Crippen LogP contribution in [0.2, 0.25) is 0 Å². The predicted octanol–water partition coefficient (Wildman–Crippen LogP) is 3.21. The Morgan fingerprint density at radius 3 is 2.57 bits per heavy atom. The van der Waals surface area contributed by atoms with E-state index in [0.29, 0.717) is 6.42 Å². The topological polar surface area (TPSA) is 41.6 Å². The molecular formula is C17H26N2O2. The number of anilines is 2. The first-order valence-corrected chi connectivity index (χ1v) is 7.58. The van der Waals surface area contributed by atoms with Gasteiger partial charge in [-0.3, -0.25) is 4.79 Å². The van der Waals surface area contributed by atoms with Crippen molar-refractivity contribution in [2.45, 2.75) is 34.1 Å². The maximum Gasteiger partial charge on any atom is 0.224 e. The molecule has 1 aromatic carbocycles. The predicted molar refractivity (Wildman–Crippen MR) is 86.9 cm³/mol. The van der Waals surface area contributed by atoms with Crippen LogP contribution in [0.25, 0.3) is 0 Å². The fourth-order valence-electron chi connectivity index (χ4n) is 2.44. The summed E-state index contributed by atoms with van der Waals surface area (Å²) in [6.07, 6.45) is 0.522. The number of rotatable bonds is 3. The van der Waals surface area contributed by atoms with Crippen LogP contribution >= 0.6 is 0 Å². The highest BCUT2D eigenvalue weighted by molar-refractivity contribution is 5.92. The van der Waals surface area contributed by atoms with E-state index in [4.69, 9.17) is 4.74 Å². The zero-order valence-corrected chi connectivity index (χ0v) is 13.5. The Kier molecular flexibility index (Phi) is 4.88. The minimum absolute atomic E-state index is 0.000191. The lowest BCUT2D eigenvalue weighted by Gasteiger charge is -2.29. The van der Waals surface area contributed by atoms with Crippen LogP contribution in [0.5, 0.6) is 0 Å². The first-order valence-electron chi connectivity index (χ1n) is 7.58. The Morgan fingerprint density at radius 1 is 1.29 bits per heavy atom. The molecule has 1 aliphatic rings. The van der Waals surface area contributed by atoms with E-state index in [9.17, 15) is 4.79 Å². The first-order chi connectivity index (χ1) is 9.85. The highest BCUT2D eigenvalue weighted by Crippen LogP contribution is 2.25. The third kappa shape index (κ3) is 4.74. The highest BCUT2D eigenvalue weighted by Gasteiger charge is 2.17. The van der Waals surface area contributed by atoms with Crippen LogP contribution in [0, 0.1) is 12.3 Å². The Bertz CT molecular complexity index is 500. The molecule has 0 radical (unpaired) electrons. The van der Waals surface area contributed by atoms with Gasteiger partial charge in [0.15, 0.2) is 0 Å². The van der Waals surface area contributed by atoms with Gasteiger partial charge in [-0.15, -0.1) is 0 Å². The fourth-order valence-corrected chi connectivity index (χ4v) is 2.44. The summed E-state index contributed by atoms with van der Waals surface area (Å²) in [5.74, 6) is 0.0738. The molecule has 0 unspecified atom stereocenters. The second-order valence-corrected chi connectivity index (χ2v) is 6.88. The summed E-state index contributed by atoms with van der Waals surface area (Å²) in [5.41, 5.74) is 3.15. The number of hydrogen-bond donors (Lipinski definition) is 1. The Labute approximate surface area is 127 Å². The quantitative estimate of drug-likeness (QED) is 0.929. The van der Waals surface area contributed by atoms with E-state index < -0.39 is 0 Å². The standard InChI is InChI=1S/C17H26N2O2/c1-13-5-6-14(19-7-9-21-10-8-19)11-15(13)18-16(20)12-17(2,3)4/h5-6,11H,7-10,12H2,1-4H3,(H,18,20). The van der Waals surface area contributed by atoms with Gasteiger partial charge >= 0.3 is 0 Å². The number of morpholine rings is 1. The van der Waals surface area contributed by atoms with E-state index in [1.807, 2.05) is 6.92 Å². The van der Waals surface area contributed by atoms with Gasteiger partial charge in [0.2, 0.25) is 5.91 Å². The number of hydrogen-bond acceptors (Lipinski definition) is 3. The fraction of sp³-hybridized carbons (Fsp3) is 0.588. The lowest BCUT2D eigenvalue weighted by molar-refractivity contribution is -0.117. The molecule has 0 bridgehead atoms. The van der Waals surface area contributed by atoms with E-state index in [1.54, 1.807) is 0 Å². The van der Waals surface area contributed by atoms with Gasteiger partial charge in [0.1, 0.15) is 0 Å². The van der Waals surface area contributed by atoms with E-state index >= 15 is 0 Å². The Balaban J connectivity index is 2.10. The molecule has 4 nitrogen and oxygen atoms in total. The van der Waals surface area contributed by atoms with Gasteiger partial charge in [0.25, 0.3) is 0 Å². The average Bonchev–Trinajstić information content (AvgIpc) is 2.40. The number of benzene rings is 1. The maximum atomic E-state index is 12.1. The molecule has 0 spiro atoms. The van der Waals surface area contributed by atoms with Crippen molar-refractivity contribution < 1.29 is 9.53 Å². The zero-order chi connectivity index (χ0) is 15.5. The van der Waals surface area contributed by atoms with E-state index in [0.717, 1.165) is 43.2 Å². The molecule has 1 saturated heterocycles. The summed E-state index contributed by atoms with van der Waals surface area (Å²) in [4.78, 5) is 14.4. The van der Waals surface area contributed by atoms with E-state index in [-0.39, 0.29) is 11.3 Å². The molecule has 1 aliphatic heterocycles. The first kappa shape index (κ1) is 15.8. The van der Waals surface area contributed by atoms with Gasteiger partial charge in [0, 0.05) is 30.9 Å². The van der Waals surface area contributed by atoms with Crippen molar-refractivity contribution >= 4 is 17.3 Å². The van der Waals surface area contributed by atoms with Crippen LogP contribution < -0.4 is 10.2 Å². The third-order valence-electron chi connectivity index (χ3n) is 3.56. The molecule has 21 heavy (non-hydrogen) atoms. The molecule has 0 saturated carbocycles. The number of ether oxygens (including phenoxy) is 1. The van der Waals surface area contributed by atoms with Crippen LogP contribution in [0.15, 0.2) is 18.2 Å². The van der Waals surface area contributed by atoms with Gasteiger partial charge in [-0.25, -0.2) is 0 Å². The van der Waals surface area contributed by atoms with Crippen LogP contribution in [0.3, 0.4) is 0 Å². The van der Waals surface area contributed by atoms with Crippen molar-refractivity contribution in [1.82, 2.24) is 0 Å². The molecular weight excluding hydrogens is 264 g/mol. The van der Waals surface area contributed by atoms with Crippen molar-refractivity contribution in [2.75, 3.05) is 36.5 Å². The minimum Gasteiger partial charge on any atom is -0.378 e. The molecule has 0 aromatic heterocycles. The molecule has 2 rings (SSSR count). The molecule has 0 atom stereocenters. The number of nitrogens with zero attached hydrogens (tertiary/aromatic N) is 1. The van der Waals surface area contributed by atoms with Crippen LogP contribution in [-0.2, 0) is 9.53 Å². The van der Waals surface area contributed by atoms with E-state index in [1.165, 1.54) is 0 Å². The van der Waals surface area contributed by atoms with Crippen molar-refractivity contribution in [3.05, 3.63) is 23.8 Å². The zero-order valence-electron chi connectivity index (χ0n) is 13.5. The second-order valence-electron chi connectivity index (χ2n) is 6.88. The number of nitrogens with one attached hydrogen (secondary N) is 1. The summed E-state index contributed by atoms with van der Waals surface area (Å²) < 4.78 is 5.38. The summed E-state index contributed by atoms with van der Waals surface area (Å²) in [6.45, 7) is 11.6. The maximum absolute atomic E-state index is 12.1. The van der Waals surface area contributed by atoms with Crippen LogP contribution in [0.4, 0.5) is 11.4 Å². The largest absolute Gasteiger partial charge is 0.378 e. The third-order valence-corrected chi connectivity index (χ3v) is 3.56. The lowest BCUT2D eigenvalue weighted by Crippen LogP contribution is -2.36. The number of amides is 1. The number of carbonyl (C=O) groups excluding carboxylic acids is 1. The van der Waals surface area contributed by atoms with Gasteiger partial charge < -0.3 is 15.0 Å². The molecule has 1 amide bonds. The molecule has 1 heterocycles. The Morgan fingerprint density at radius 2 is 1.95 bits per heavy atom. The summed E-state index contributed by atoms with van der Waals surface area (Å²) in [5, 5.41) is 3.05. The van der Waals surface area contributed by atoms with E-state index in [2.05, 4.69) is 49.2 Å². The van der Waals surface area contributed by atoms with Gasteiger partial charge in [-0.05, 0) is 30.0 Å². The molecule has 116 valence electrons. The molecule has 1 N–H and O–H groups in total. The normalized spacial score (nSPS) is 15.9. The molecule has 1 aromatic rings. The van der Waals surface area contributed by atoms with Crippen molar-refractivity contribution in [3.8, 4) is 0 Å². The van der Waals surface area contributed by atoms with Gasteiger partial charge in [-0.2, -0.15) is 0 Å². The van der Waals surface area contributed by atoms with Crippen LogP contribution in [-0.4, -0.2) is 32.2 Å². The average molecular weight is 290 g/mol. The summed E-state index contributed by atoms with van der Waals surface area (Å²) >= 11 is 0. The van der Waals surface area contributed by atoms with Crippen LogP contribution in [0.1, 0.15) is 32.8 Å². The molecule has 1 fully saturated rings. The Hall–Kier alpha value is -1.55. The number of aryl methyl sites for hydroxylation is 1. The minimum atomic E-state index is -0.000191. The van der Waals surface area contributed by atoms with Crippen molar-refractivity contribution in [1.29, 1.82) is 0 Å². The summed E-state index contributed by atoms with van der Waals surface area (Å²) in [7, 11) is 0. The van der Waals surface area contributed by atoms with Gasteiger partial charge in [0.05, 0.1) is 13.2 Å². The SMILES string of the molecule is Cc1ccc(N2CCOCC2)cc1NC(=O)CC(C)(C)C. The van der Waals surface area contributed by atoms with Crippen molar-refractivity contribution in [3.63, 3.8) is 0 Å². The lowest BCUT2D eigenvalue weighted by atomic mass is 9.92. The highest BCUT2D eigenvalue weighted by atomic mass is 16.5. The van der Waals surface area contributed by atoms with Gasteiger partial charge in [-0.1, -0.05) is 26.8 Å². The number of carbonyl (C=O) groups is 1. The van der Waals surface area contributed by atoms with Crippen molar-refractivity contribution in [2.24, 2.45) is 5.41 Å². The second kappa shape index (κ2) is 6.48. The summed E-state index contributed by atoms with van der Waals surface area (Å²) in [6, 6.07) is 6.25. The monoisotopic (exact) mass is 290 g/mol.